The number of hydrogen-bond donors (Lipinski definition) is 2. The lowest BCUT2D eigenvalue weighted by atomic mass is 10.2. The molecule has 0 spiro atoms. The molecule has 5 nitrogen and oxygen atoms in total. The van der Waals surface area contributed by atoms with Crippen LogP contribution in [0.4, 0.5) is 11.4 Å². The fourth-order valence-electron chi connectivity index (χ4n) is 3.91. The zero-order valence-electron chi connectivity index (χ0n) is 16.8. The smallest absolute Gasteiger partial charge is 0.191 e. The van der Waals surface area contributed by atoms with E-state index in [-0.39, 0.29) is 0 Å². The van der Waals surface area contributed by atoms with Crippen molar-refractivity contribution in [3.05, 3.63) is 71.3 Å². The number of anilines is 2. The topological polar surface area (TPSA) is 42.9 Å². The summed E-state index contributed by atoms with van der Waals surface area (Å²) in [5.74, 6) is 0.844. The molecule has 1 unspecified atom stereocenters. The summed E-state index contributed by atoms with van der Waals surface area (Å²) in [6.07, 6.45) is 5.50. The van der Waals surface area contributed by atoms with E-state index in [1.807, 2.05) is 25.2 Å². The van der Waals surface area contributed by atoms with Crippen molar-refractivity contribution >= 4 is 28.9 Å². The molecule has 2 heterocycles. The number of halogens is 1. The molecule has 152 valence electrons. The number of guanidine groups is 1. The highest BCUT2D eigenvalue weighted by molar-refractivity contribution is 6.30. The van der Waals surface area contributed by atoms with Crippen molar-refractivity contribution in [1.82, 2.24) is 10.6 Å². The third kappa shape index (κ3) is 5.04. The minimum Gasteiger partial charge on any atom is -0.369 e. The predicted octanol–water partition coefficient (Wildman–Crippen LogP) is 3.66. The second-order valence-electron chi connectivity index (χ2n) is 7.53. The van der Waals surface area contributed by atoms with Gasteiger partial charge in [0.1, 0.15) is 0 Å². The molecule has 2 aliphatic heterocycles. The molecule has 2 N–H and O–H groups in total. The minimum atomic E-state index is 0.363. The lowest BCUT2D eigenvalue weighted by Gasteiger charge is -2.21. The zero-order valence-corrected chi connectivity index (χ0v) is 17.6. The first-order valence-electron chi connectivity index (χ1n) is 10.2. The van der Waals surface area contributed by atoms with E-state index < -0.39 is 0 Å². The van der Waals surface area contributed by atoms with Crippen LogP contribution in [0.15, 0.2) is 65.7 Å². The first-order valence-corrected chi connectivity index (χ1v) is 10.6. The number of hydrogen-bond acceptors (Lipinski definition) is 3. The van der Waals surface area contributed by atoms with Crippen LogP contribution < -0.4 is 20.4 Å². The van der Waals surface area contributed by atoms with Gasteiger partial charge in [-0.15, -0.1) is 0 Å². The molecule has 1 fully saturated rings. The number of nitrogens with zero attached hydrogens (tertiary/aromatic N) is 3. The van der Waals surface area contributed by atoms with Gasteiger partial charge in [-0.05, 0) is 42.3 Å². The molecule has 1 saturated heterocycles. The van der Waals surface area contributed by atoms with E-state index in [0.29, 0.717) is 6.04 Å². The lowest BCUT2D eigenvalue weighted by Crippen LogP contribution is -2.44. The Morgan fingerprint density at radius 2 is 1.83 bits per heavy atom. The van der Waals surface area contributed by atoms with Gasteiger partial charge in [-0.1, -0.05) is 42.0 Å². The van der Waals surface area contributed by atoms with Crippen molar-refractivity contribution in [3.63, 3.8) is 0 Å². The number of aliphatic imine (C=N–C) groups is 1. The van der Waals surface area contributed by atoms with Crippen molar-refractivity contribution < 1.29 is 0 Å². The summed E-state index contributed by atoms with van der Waals surface area (Å²) in [5.41, 5.74) is 3.70. The summed E-state index contributed by atoms with van der Waals surface area (Å²) in [4.78, 5) is 9.14. The zero-order chi connectivity index (χ0) is 20.1. The van der Waals surface area contributed by atoms with Crippen LogP contribution in [0, 0.1) is 0 Å². The molecule has 2 aliphatic rings. The SMILES string of the molecule is CN=C(NCc1cccc(N2CC=CC2)c1)NC1CCN(c2cccc(Cl)c2)C1. The summed E-state index contributed by atoms with van der Waals surface area (Å²) >= 11 is 6.14. The Hall–Kier alpha value is -2.66. The van der Waals surface area contributed by atoms with Crippen LogP contribution in [0.2, 0.25) is 5.02 Å². The van der Waals surface area contributed by atoms with Crippen molar-refractivity contribution in [1.29, 1.82) is 0 Å². The third-order valence-electron chi connectivity index (χ3n) is 5.48. The number of benzene rings is 2. The maximum absolute atomic E-state index is 6.14. The molecule has 6 heteroatoms. The molecular formula is C23H28ClN5. The summed E-state index contributed by atoms with van der Waals surface area (Å²) in [6.45, 7) is 4.69. The highest BCUT2D eigenvalue weighted by Gasteiger charge is 2.23. The Bertz CT molecular complexity index is 886. The van der Waals surface area contributed by atoms with Gasteiger partial charge in [-0.3, -0.25) is 4.99 Å². The normalized spacial score (nSPS) is 19.1. The van der Waals surface area contributed by atoms with Crippen molar-refractivity contribution in [2.45, 2.75) is 19.0 Å². The van der Waals surface area contributed by atoms with Gasteiger partial charge in [0.05, 0.1) is 0 Å². The van der Waals surface area contributed by atoms with Gasteiger partial charge < -0.3 is 20.4 Å². The van der Waals surface area contributed by atoms with Crippen LogP contribution in [0.25, 0.3) is 0 Å². The molecule has 0 aromatic heterocycles. The van der Waals surface area contributed by atoms with Gasteiger partial charge in [0.25, 0.3) is 0 Å². The molecular weight excluding hydrogens is 382 g/mol. The molecule has 0 saturated carbocycles. The molecule has 1 atom stereocenters. The largest absolute Gasteiger partial charge is 0.369 e. The van der Waals surface area contributed by atoms with Gasteiger partial charge in [0.15, 0.2) is 5.96 Å². The number of nitrogens with one attached hydrogen (secondary N) is 2. The molecule has 0 amide bonds. The summed E-state index contributed by atoms with van der Waals surface area (Å²) < 4.78 is 0. The van der Waals surface area contributed by atoms with Crippen LogP contribution in [0.1, 0.15) is 12.0 Å². The van der Waals surface area contributed by atoms with Crippen LogP contribution in [0.5, 0.6) is 0 Å². The van der Waals surface area contributed by atoms with E-state index in [9.17, 15) is 0 Å². The summed E-state index contributed by atoms with van der Waals surface area (Å²) in [7, 11) is 1.82. The quantitative estimate of drug-likeness (QED) is 0.449. The Kier molecular flexibility index (Phi) is 6.25. The molecule has 2 aromatic rings. The molecule has 0 aliphatic carbocycles. The van der Waals surface area contributed by atoms with E-state index in [4.69, 9.17) is 11.6 Å². The van der Waals surface area contributed by atoms with Crippen LogP contribution in [-0.2, 0) is 6.54 Å². The first-order chi connectivity index (χ1) is 14.2. The molecule has 4 rings (SSSR count). The van der Waals surface area contributed by atoms with Gasteiger partial charge in [0.2, 0.25) is 0 Å². The Morgan fingerprint density at radius 3 is 2.59 bits per heavy atom. The standard InChI is InChI=1S/C23H28ClN5/c1-25-23(26-16-18-6-4-8-21(14-18)28-11-2-3-12-28)27-20-10-13-29(17-20)22-9-5-7-19(24)15-22/h2-9,14-15,20H,10-13,16-17H2,1H3,(H2,25,26,27). The van der Waals surface area contributed by atoms with E-state index in [1.54, 1.807) is 0 Å². The van der Waals surface area contributed by atoms with Gasteiger partial charge in [-0.25, -0.2) is 0 Å². The van der Waals surface area contributed by atoms with E-state index in [0.717, 1.165) is 50.1 Å². The van der Waals surface area contributed by atoms with Gasteiger partial charge in [-0.2, -0.15) is 0 Å². The van der Waals surface area contributed by atoms with Gasteiger partial charge in [0, 0.05) is 62.2 Å². The van der Waals surface area contributed by atoms with Crippen molar-refractivity contribution in [2.24, 2.45) is 4.99 Å². The Labute approximate surface area is 178 Å². The van der Waals surface area contributed by atoms with Gasteiger partial charge >= 0.3 is 0 Å². The van der Waals surface area contributed by atoms with Crippen LogP contribution >= 0.6 is 11.6 Å². The monoisotopic (exact) mass is 409 g/mol. The van der Waals surface area contributed by atoms with Crippen molar-refractivity contribution in [3.8, 4) is 0 Å². The maximum Gasteiger partial charge on any atom is 0.191 e. The predicted molar refractivity (Wildman–Crippen MR) is 123 cm³/mol. The molecule has 0 radical (unpaired) electrons. The first kappa shape index (κ1) is 19.6. The van der Waals surface area contributed by atoms with E-state index in [2.05, 4.69) is 67.9 Å². The second-order valence-corrected chi connectivity index (χ2v) is 7.96. The van der Waals surface area contributed by atoms with E-state index in [1.165, 1.54) is 16.9 Å². The Balaban J connectivity index is 1.30. The molecule has 2 aromatic carbocycles. The highest BCUT2D eigenvalue weighted by atomic mass is 35.5. The average molecular weight is 410 g/mol. The van der Waals surface area contributed by atoms with Crippen LogP contribution in [-0.4, -0.2) is 45.2 Å². The number of rotatable bonds is 5. The van der Waals surface area contributed by atoms with Crippen molar-refractivity contribution in [2.75, 3.05) is 43.0 Å². The minimum absolute atomic E-state index is 0.363. The summed E-state index contributed by atoms with van der Waals surface area (Å²) in [5, 5.41) is 7.80. The third-order valence-corrected chi connectivity index (χ3v) is 5.72. The molecule has 29 heavy (non-hydrogen) atoms. The van der Waals surface area contributed by atoms with E-state index >= 15 is 0 Å². The fraction of sp³-hybridized carbons (Fsp3) is 0.348. The highest BCUT2D eigenvalue weighted by Crippen LogP contribution is 2.23. The maximum atomic E-state index is 6.14. The molecule has 0 bridgehead atoms. The lowest BCUT2D eigenvalue weighted by molar-refractivity contribution is 0.648. The second kappa shape index (κ2) is 9.23. The Morgan fingerprint density at radius 1 is 1.07 bits per heavy atom. The average Bonchev–Trinajstić information content (AvgIpc) is 3.44. The summed E-state index contributed by atoms with van der Waals surface area (Å²) in [6, 6.07) is 17.1. The van der Waals surface area contributed by atoms with Crippen LogP contribution in [0.3, 0.4) is 0 Å². The fourth-order valence-corrected chi connectivity index (χ4v) is 4.10.